The van der Waals surface area contributed by atoms with Crippen molar-refractivity contribution < 1.29 is 14.7 Å². The number of benzene rings is 2. The molecule has 0 radical (unpaired) electrons. The summed E-state index contributed by atoms with van der Waals surface area (Å²) in [5.41, 5.74) is 0.827. The van der Waals surface area contributed by atoms with Gasteiger partial charge in [-0.3, -0.25) is 4.79 Å². The molecule has 2 rings (SSSR count). The highest BCUT2D eigenvalue weighted by Crippen LogP contribution is 2.22. The summed E-state index contributed by atoms with van der Waals surface area (Å²) in [5.74, 6) is -1.16. The summed E-state index contributed by atoms with van der Waals surface area (Å²) < 4.78 is 0. The third-order valence-electron chi connectivity index (χ3n) is 2.43. The van der Waals surface area contributed by atoms with E-state index in [2.05, 4.69) is 5.32 Å². The fourth-order valence-electron chi connectivity index (χ4n) is 1.74. The molecule has 1 amide bonds. The molecule has 0 aliphatic carbocycles. The second-order valence-electron chi connectivity index (χ2n) is 3.73. The lowest BCUT2D eigenvalue weighted by atomic mass is 10.0. The predicted octanol–water partition coefficient (Wildman–Crippen LogP) is 2.50. The summed E-state index contributed by atoms with van der Waals surface area (Å²) in [4.78, 5) is 22.0. The second kappa shape index (κ2) is 4.25. The van der Waals surface area contributed by atoms with Crippen molar-refractivity contribution in [3.63, 3.8) is 0 Å². The minimum Gasteiger partial charge on any atom is -0.478 e. The Morgan fingerprint density at radius 1 is 1.18 bits per heavy atom. The van der Waals surface area contributed by atoms with Crippen molar-refractivity contribution in [3.05, 3.63) is 42.0 Å². The number of carbonyl (C=O) groups excluding carboxylic acids is 1. The topological polar surface area (TPSA) is 66.4 Å². The largest absolute Gasteiger partial charge is 0.478 e. The van der Waals surface area contributed by atoms with Crippen molar-refractivity contribution in [3.8, 4) is 0 Å². The molecule has 2 aromatic rings. The molecule has 0 fully saturated rings. The van der Waals surface area contributed by atoms with Crippen molar-refractivity contribution in [2.45, 2.75) is 6.92 Å². The first kappa shape index (κ1) is 11.1. The first-order valence-electron chi connectivity index (χ1n) is 5.11. The Hall–Kier alpha value is -2.36. The number of amides is 1. The Morgan fingerprint density at radius 3 is 2.59 bits per heavy atom. The quantitative estimate of drug-likeness (QED) is 0.831. The number of anilines is 1. The van der Waals surface area contributed by atoms with Crippen molar-refractivity contribution in [1.82, 2.24) is 0 Å². The minimum atomic E-state index is -0.976. The first-order valence-corrected chi connectivity index (χ1v) is 5.11. The van der Waals surface area contributed by atoms with Crippen LogP contribution in [0.1, 0.15) is 17.3 Å². The maximum absolute atomic E-state index is 11.1. The molecule has 0 aromatic heterocycles. The molecule has 86 valence electrons. The lowest BCUT2D eigenvalue weighted by molar-refractivity contribution is -0.114. The van der Waals surface area contributed by atoms with Crippen LogP contribution in [0.25, 0.3) is 10.8 Å². The average Bonchev–Trinajstić information content (AvgIpc) is 2.27. The van der Waals surface area contributed by atoms with Crippen LogP contribution in [0.2, 0.25) is 0 Å². The molecule has 2 N–H and O–H groups in total. The highest BCUT2D eigenvalue weighted by Gasteiger charge is 2.08. The average molecular weight is 229 g/mol. The smallest absolute Gasteiger partial charge is 0.336 e. The molecule has 0 atom stereocenters. The molecule has 2 aromatic carbocycles. The van der Waals surface area contributed by atoms with Crippen LogP contribution < -0.4 is 5.32 Å². The number of rotatable bonds is 2. The van der Waals surface area contributed by atoms with Gasteiger partial charge in [-0.2, -0.15) is 0 Å². The molecule has 0 saturated heterocycles. The lowest BCUT2D eigenvalue weighted by Gasteiger charge is -2.06. The number of carboxylic acids is 1. The van der Waals surface area contributed by atoms with Gasteiger partial charge < -0.3 is 10.4 Å². The third kappa shape index (κ3) is 2.25. The minimum absolute atomic E-state index is 0.183. The van der Waals surface area contributed by atoms with Crippen LogP contribution in [0, 0.1) is 0 Å². The van der Waals surface area contributed by atoms with Crippen molar-refractivity contribution in [1.29, 1.82) is 0 Å². The van der Waals surface area contributed by atoms with Crippen LogP contribution in [0.5, 0.6) is 0 Å². The molecule has 0 spiro atoms. The SMILES string of the molecule is CC(=O)Nc1ccc2cccc(C(=O)O)c2c1. The Balaban J connectivity index is 2.61. The van der Waals surface area contributed by atoms with Crippen LogP contribution in [-0.4, -0.2) is 17.0 Å². The lowest BCUT2D eigenvalue weighted by Crippen LogP contribution is -2.06. The number of fused-ring (bicyclic) bond motifs is 1. The van der Waals surface area contributed by atoms with Crippen LogP contribution >= 0.6 is 0 Å². The first-order chi connectivity index (χ1) is 8.08. The summed E-state index contributed by atoms with van der Waals surface area (Å²) in [6.45, 7) is 1.41. The fourth-order valence-corrected chi connectivity index (χ4v) is 1.74. The van der Waals surface area contributed by atoms with Crippen molar-refractivity contribution >= 4 is 28.3 Å². The molecule has 4 heteroatoms. The molecule has 17 heavy (non-hydrogen) atoms. The summed E-state index contributed by atoms with van der Waals surface area (Å²) in [5, 5.41) is 13.1. The fraction of sp³-hybridized carbons (Fsp3) is 0.0769. The van der Waals surface area contributed by atoms with Crippen LogP contribution in [0.15, 0.2) is 36.4 Å². The van der Waals surface area contributed by atoms with E-state index in [-0.39, 0.29) is 11.5 Å². The van der Waals surface area contributed by atoms with E-state index in [0.29, 0.717) is 11.1 Å². The maximum atomic E-state index is 11.1. The van der Waals surface area contributed by atoms with Crippen LogP contribution in [-0.2, 0) is 4.79 Å². The van der Waals surface area contributed by atoms with Gasteiger partial charge in [0.05, 0.1) is 5.56 Å². The molecule has 0 aliphatic heterocycles. The standard InChI is InChI=1S/C13H11NO3/c1-8(15)14-10-6-5-9-3-2-4-11(13(16)17)12(9)7-10/h2-7H,1H3,(H,14,15)(H,16,17). The van der Waals surface area contributed by atoms with Crippen molar-refractivity contribution in [2.75, 3.05) is 5.32 Å². The van der Waals surface area contributed by atoms with Gasteiger partial charge in [0.15, 0.2) is 0 Å². The Labute approximate surface area is 97.9 Å². The Morgan fingerprint density at radius 2 is 1.94 bits per heavy atom. The highest BCUT2D eigenvalue weighted by molar-refractivity contribution is 6.05. The normalized spacial score (nSPS) is 10.2. The summed E-state index contributed by atoms with van der Waals surface area (Å²) in [6.07, 6.45) is 0. The van der Waals surface area contributed by atoms with Gasteiger partial charge in [0.25, 0.3) is 0 Å². The Kier molecular flexibility index (Phi) is 2.78. The summed E-state index contributed by atoms with van der Waals surface area (Å²) in [7, 11) is 0. The highest BCUT2D eigenvalue weighted by atomic mass is 16.4. The van der Waals surface area contributed by atoms with Gasteiger partial charge in [0, 0.05) is 12.6 Å². The zero-order valence-corrected chi connectivity index (χ0v) is 9.23. The van der Waals surface area contributed by atoms with Crippen LogP contribution in [0.3, 0.4) is 0 Å². The number of hydrogen-bond acceptors (Lipinski definition) is 2. The number of hydrogen-bond donors (Lipinski definition) is 2. The number of carboxylic acid groups (broad SMARTS) is 1. The molecule has 0 heterocycles. The number of aromatic carboxylic acids is 1. The molecule has 0 bridgehead atoms. The number of nitrogens with one attached hydrogen (secondary N) is 1. The van der Waals surface area contributed by atoms with E-state index in [9.17, 15) is 9.59 Å². The van der Waals surface area contributed by atoms with Crippen LogP contribution in [0.4, 0.5) is 5.69 Å². The van der Waals surface area contributed by atoms with Gasteiger partial charge in [-0.05, 0) is 29.0 Å². The van der Waals surface area contributed by atoms with Gasteiger partial charge in [-0.15, -0.1) is 0 Å². The predicted molar refractivity (Wildman–Crippen MR) is 65.2 cm³/mol. The van der Waals surface area contributed by atoms with Crippen molar-refractivity contribution in [2.24, 2.45) is 0 Å². The second-order valence-corrected chi connectivity index (χ2v) is 3.73. The zero-order chi connectivity index (χ0) is 12.4. The van der Waals surface area contributed by atoms with E-state index >= 15 is 0 Å². The Bertz CT molecular complexity index is 605. The zero-order valence-electron chi connectivity index (χ0n) is 9.23. The van der Waals surface area contributed by atoms with E-state index < -0.39 is 5.97 Å². The van der Waals surface area contributed by atoms with E-state index in [1.54, 1.807) is 30.3 Å². The van der Waals surface area contributed by atoms with Gasteiger partial charge in [-0.25, -0.2) is 4.79 Å². The molecule has 0 aliphatic rings. The van der Waals surface area contributed by atoms with E-state index in [1.807, 2.05) is 6.07 Å². The summed E-state index contributed by atoms with van der Waals surface area (Å²) in [6, 6.07) is 10.3. The van der Waals surface area contributed by atoms with E-state index in [4.69, 9.17) is 5.11 Å². The number of carbonyl (C=O) groups is 2. The van der Waals surface area contributed by atoms with E-state index in [1.165, 1.54) is 6.92 Å². The maximum Gasteiger partial charge on any atom is 0.336 e. The molecular weight excluding hydrogens is 218 g/mol. The summed E-state index contributed by atoms with van der Waals surface area (Å²) >= 11 is 0. The molecule has 0 saturated carbocycles. The monoisotopic (exact) mass is 229 g/mol. The van der Waals surface area contributed by atoms with Gasteiger partial charge in [0.2, 0.25) is 5.91 Å². The van der Waals surface area contributed by atoms with Gasteiger partial charge >= 0.3 is 5.97 Å². The van der Waals surface area contributed by atoms with Gasteiger partial charge in [0.1, 0.15) is 0 Å². The van der Waals surface area contributed by atoms with Gasteiger partial charge in [-0.1, -0.05) is 18.2 Å². The molecule has 4 nitrogen and oxygen atoms in total. The van der Waals surface area contributed by atoms with E-state index in [0.717, 1.165) is 5.39 Å². The molecular formula is C13H11NO3. The third-order valence-corrected chi connectivity index (χ3v) is 2.43. The molecule has 0 unspecified atom stereocenters.